The Morgan fingerprint density at radius 1 is 1.17 bits per heavy atom. The first-order valence-corrected chi connectivity index (χ1v) is 13.0. The van der Waals surface area contributed by atoms with Crippen molar-refractivity contribution in [2.24, 2.45) is 0 Å². The van der Waals surface area contributed by atoms with Gasteiger partial charge < -0.3 is 14.8 Å². The topological polar surface area (TPSA) is 78.3 Å². The Morgan fingerprint density at radius 2 is 1.97 bits per heavy atom. The number of Topliss-reactive ketones (excluding diaryl/α,β-unsaturated/α-hetero) is 1. The second-order valence-electron chi connectivity index (χ2n) is 8.15. The predicted molar refractivity (Wildman–Crippen MR) is 140 cm³/mol. The summed E-state index contributed by atoms with van der Waals surface area (Å²) in [5, 5.41) is 9.34. The summed E-state index contributed by atoms with van der Waals surface area (Å²) in [4.78, 5) is 17.4. The van der Waals surface area contributed by atoms with Gasteiger partial charge in [-0.3, -0.25) is 4.79 Å². The summed E-state index contributed by atoms with van der Waals surface area (Å²) in [6.45, 7) is 8.56. The molecule has 0 spiro atoms. The number of hydrogen-bond donors (Lipinski definition) is 1. The van der Waals surface area contributed by atoms with Crippen LogP contribution in [0.15, 0.2) is 58.9 Å². The summed E-state index contributed by atoms with van der Waals surface area (Å²) in [5.74, 6) is 2.52. The summed E-state index contributed by atoms with van der Waals surface area (Å²) < 4.78 is 13.5. The molecule has 184 valence electrons. The number of benzene rings is 2. The van der Waals surface area contributed by atoms with Crippen LogP contribution in [0.4, 0.5) is 5.95 Å². The number of carbonyl (C=O) groups is 1. The Bertz CT molecular complexity index is 1260. The predicted octanol–water partition coefficient (Wildman–Crippen LogP) is 6.29. The molecule has 0 saturated heterocycles. The number of carbonyl (C=O) groups excluding carboxylic acids is 1. The molecule has 0 saturated carbocycles. The molecule has 0 aliphatic carbocycles. The highest BCUT2D eigenvalue weighted by molar-refractivity contribution is 7.98. The molecule has 4 rings (SSSR count). The van der Waals surface area contributed by atoms with Gasteiger partial charge in [-0.05, 0) is 56.5 Å². The first kappa shape index (κ1) is 25.1. The highest BCUT2D eigenvalue weighted by Crippen LogP contribution is 2.40. The van der Waals surface area contributed by atoms with Crippen LogP contribution in [0.2, 0.25) is 5.02 Å². The number of anilines is 1. The van der Waals surface area contributed by atoms with Gasteiger partial charge in [0, 0.05) is 22.0 Å². The number of nitrogens with zero attached hydrogens (tertiary/aromatic N) is 3. The van der Waals surface area contributed by atoms with E-state index in [4.69, 9.17) is 31.2 Å². The maximum Gasteiger partial charge on any atom is 0.227 e. The van der Waals surface area contributed by atoms with Crippen molar-refractivity contribution in [3.05, 3.63) is 69.9 Å². The Hall–Kier alpha value is -2.97. The van der Waals surface area contributed by atoms with Gasteiger partial charge in [0.1, 0.15) is 6.04 Å². The highest BCUT2D eigenvalue weighted by Gasteiger charge is 2.33. The van der Waals surface area contributed by atoms with E-state index in [1.165, 1.54) is 11.8 Å². The average molecular weight is 513 g/mol. The van der Waals surface area contributed by atoms with Crippen molar-refractivity contribution in [2.45, 2.75) is 51.1 Å². The van der Waals surface area contributed by atoms with Crippen LogP contribution in [-0.4, -0.2) is 33.8 Å². The number of halogens is 1. The number of ether oxygens (including phenoxy) is 2. The third kappa shape index (κ3) is 5.49. The molecule has 1 N–H and O–H groups in total. The number of ketones is 1. The Labute approximate surface area is 214 Å². The Morgan fingerprint density at radius 3 is 2.69 bits per heavy atom. The van der Waals surface area contributed by atoms with Gasteiger partial charge in [-0.1, -0.05) is 54.6 Å². The molecule has 1 aliphatic heterocycles. The molecule has 1 aliphatic rings. The van der Waals surface area contributed by atoms with Gasteiger partial charge >= 0.3 is 0 Å². The molecule has 9 heteroatoms. The average Bonchev–Trinajstić information content (AvgIpc) is 3.24. The van der Waals surface area contributed by atoms with E-state index in [0.717, 1.165) is 23.2 Å². The number of rotatable bonds is 10. The first-order chi connectivity index (χ1) is 16.9. The molecule has 2 aromatic carbocycles. The minimum Gasteiger partial charge on any atom is -0.490 e. The lowest BCUT2D eigenvalue weighted by Crippen LogP contribution is -2.27. The zero-order chi connectivity index (χ0) is 24.9. The van der Waals surface area contributed by atoms with E-state index >= 15 is 0 Å². The van der Waals surface area contributed by atoms with Crippen molar-refractivity contribution in [2.75, 3.05) is 18.5 Å². The molecule has 7 nitrogen and oxygen atoms in total. The summed E-state index contributed by atoms with van der Waals surface area (Å²) in [6, 6.07) is 13.1. The third-order valence-electron chi connectivity index (χ3n) is 5.57. The SMILES string of the molecule is CCCOc1ccc(C2C(C(C)=O)=C(C)Nc3nc(SCc4ccccc4Cl)nn32)cc1OCC. The summed E-state index contributed by atoms with van der Waals surface area (Å²) in [5.41, 5.74) is 3.28. The zero-order valence-electron chi connectivity index (χ0n) is 20.3. The van der Waals surface area contributed by atoms with Gasteiger partial charge in [-0.15, -0.1) is 5.10 Å². The number of allylic oxidation sites excluding steroid dienone is 2. The molecule has 1 aromatic heterocycles. The molecule has 35 heavy (non-hydrogen) atoms. The lowest BCUT2D eigenvalue weighted by Gasteiger charge is -2.28. The minimum atomic E-state index is -0.439. The van der Waals surface area contributed by atoms with Gasteiger partial charge in [-0.25, -0.2) is 4.68 Å². The lowest BCUT2D eigenvalue weighted by molar-refractivity contribution is -0.114. The molecule has 0 radical (unpaired) electrons. The van der Waals surface area contributed by atoms with E-state index in [2.05, 4.69) is 12.2 Å². The third-order valence-corrected chi connectivity index (χ3v) is 6.83. The molecular weight excluding hydrogens is 484 g/mol. The van der Waals surface area contributed by atoms with Gasteiger partial charge in [0.2, 0.25) is 11.1 Å². The molecule has 1 unspecified atom stereocenters. The Balaban J connectivity index is 1.71. The van der Waals surface area contributed by atoms with Crippen LogP contribution in [0.1, 0.15) is 51.3 Å². The van der Waals surface area contributed by atoms with Gasteiger partial charge in [-0.2, -0.15) is 4.98 Å². The molecule has 3 aromatic rings. The number of thioether (sulfide) groups is 1. The van der Waals surface area contributed by atoms with E-state index in [1.807, 2.05) is 56.3 Å². The first-order valence-electron chi connectivity index (χ1n) is 11.6. The van der Waals surface area contributed by atoms with Crippen LogP contribution in [0.25, 0.3) is 0 Å². The maximum atomic E-state index is 12.7. The fraction of sp³-hybridized carbons (Fsp3) is 0.346. The van der Waals surface area contributed by atoms with Crippen molar-refractivity contribution in [3.8, 4) is 11.5 Å². The van der Waals surface area contributed by atoms with Crippen LogP contribution in [0.5, 0.6) is 11.5 Å². The van der Waals surface area contributed by atoms with E-state index < -0.39 is 6.04 Å². The summed E-state index contributed by atoms with van der Waals surface area (Å²) in [7, 11) is 0. The standard InChI is InChI=1S/C26H29ClN4O3S/c1-5-13-34-21-12-11-18(14-22(21)33-6-2)24-23(17(4)32)16(3)28-25-29-26(30-31(24)25)35-15-19-9-7-8-10-20(19)27/h7-12,14,24H,5-6,13,15H2,1-4H3,(H,28,29,30). The number of fused-ring (bicyclic) bond motifs is 1. The largest absolute Gasteiger partial charge is 0.490 e. The van der Waals surface area contributed by atoms with Crippen LogP contribution < -0.4 is 14.8 Å². The van der Waals surface area contributed by atoms with Crippen LogP contribution in [0.3, 0.4) is 0 Å². The molecular formula is C26H29ClN4O3S. The zero-order valence-corrected chi connectivity index (χ0v) is 21.9. The minimum absolute atomic E-state index is 0.0318. The number of aromatic nitrogens is 3. The van der Waals surface area contributed by atoms with E-state index in [9.17, 15) is 4.79 Å². The molecule has 0 fully saturated rings. The van der Waals surface area contributed by atoms with Crippen LogP contribution >= 0.6 is 23.4 Å². The van der Waals surface area contributed by atoms with Crippen molar-refractivity contribution < 1.29 is 14.3 Å². The van der Waals surface area contributed by atoms with E-state index in [-0.39, 0.29) is 5.78 Å². The monoisotopic (exact) mass is 512 g/mol. The van der Waals surface area contributed by atoms with Gasteiger partial charge in [0.25, 0.3) is 0 Å². The Kier molecular flexibility index (Phi) is 8.03. The fourth-order valence-corrected chi connectivity index (χ4v) is 5.12. The van der Waals surface area contributed by atoms with E-state index in [0.29, 0.717) is 52.2 Å². The quantitative estimate of drug-likeness (QED) is 0.320. The normalized spacial score (nSPS) is 14.9. The van der Waals surface area contributed by atoms with E-state index in [1.54, 1.807) is 11.6 Å². The maximum absolute atomic E-state index is 12.7. The second-order valence-corrected chi connectivity index (χ2v) is 9.50. The molecule has 0 amide bonds. The summed E-state index contributed by atoms with van der Waals surface area (Å²) in [6.07, 6.45) is 0.898. The smallest absolute Gasteiger partial charge is 0.227 e. The highest BCUT2D eigenvalue weighted by atomic mass is 35.5. The molecule has 1 atom stereocenters. The number of nitrogens with one attached hydrogen (secondary N) is 1. The van der Waals surface area contributed by atoms with Crippen LogP contribution in [0, 0.1) is 0 Å². The fourth-order valence-electron chi connectivity index (χ4n) is 4.01. The molecule has 2 heterocycles. The van der Waals surface area contributed by atoms with Gasteiger partial charge in [0.05, 0.1) is 13.2 Å². The van der Waals surface area contributed by atoms with Crippen molar-refractivity contribution >= 4 is 35.1 Å². The second kappa shape index (κ2) is 11.2. The molecule has 0 bridgehead atoms. The number of hydrogen-bond acceptors (Lipinski definition) is 7. The lowest BCUT2D eigenvalue weighted by atomic mass is 9.93. The van der Waals surface area contributed by atoms with Crippen LogP contribution in [-0.2, 0) is 10.5 Å². The summed E-state index contributed by atoms with van der Waals surface area (Å²) >= 11 is 7.81. The van der Waals surface area contributed by atoms with Crippen molar-refractivity contribution in [1.29, 1.82) is 0 Å². The van der Waals surface area contributed by atoms with Gasteiger partial charge in [0.15, 0.2) is 17.3 Å². The van der Waals surface area contributed by atoms with Crippen molar-refractivity contribution in [3.63, 3.8) is 0 Å². The van der Waals surface area contributed by atoms with Crippen molar-refractivity contribution in [1.82, 2.24) is 14.8 Å².